The third-order valence-electron chi connectivity index (χ3n) is 3.20. The van der Waals surface area contributed by atoms with Gasteiger partial charge in [-0.15, -0.1) is 0 Å². The topological polar surface area (TPSA) is 60.9 Å². The summed E-state index contributed by atoms with van der Waals surface area (Å²) in [6.45, 7) is 1.95. The van der Waals surface area contributed by atoms with Gasteiger partial charge in [-0.25, -0.2) is 0 Å². The summed E-state index contributed by atoms with van der Waals surface area (Å²) in [6, 6.07) is 9.14. The molecule has 1 aromatic carbocycles. The zero-order chi connectivity index (χ0) is 13.4. The van der Waals surface area contributed by atoms with Gasteiger partial charge in [0.05, 0.1) is 11.9 Å². The van der Waals surface area contributed by atoms with Gasteiger partial charge in [0, 0.05) is 23.5 Å². The number of hydrogen-bond donors (Lipinski definition) is 1. The third kappa shape index (κ3) is 1.87. The van der Waals surface area contributed by atoms with Crippen LogP contribution in [-0.4, -0.2) is 9.55 Å². The van der Waals surface area contributed by atoms with Crippen LogP contribution in [0.15, 0.2) is 53.7 Å². The highest BCUT2D eigenvalue weighted by Crippen LogP contribution is 2.16. The summed E-state index contributed by atoms with van der Waals surface area (Å²) in [6.07, 6.45) is 5.17. The first kappa shape index (κ1) is 11.5. The van der Waals surface area contributed by atoms with Gasteiger partial charge in [-0.05, 0) is 42.1 Å². The molecule has 0 amide bonds. The summed E-state index contributed by atoms with van der Waals surface area (Å²) in [5, 5.41) is 1.50. The van der Waals surface area contributed by atoms with Crippen LogP contribution in [-0.2, 0) is 0 Å². The Hall–Kier alpha value is -2.62. The molecule has 0 fully saturated rings. The number of benzene rings is 1. The maximum atomic E-state index is 12.5. The maximum Gasteiger partial charge on any atom is 0.263 e. The fourth-order valence-corrected chi connectivity index (χ4v) is 2.15. The lowest BCUT2D eigenvalue weighted by molar-refractivity contribution is 0.980. The Kier molecular flexibility index (Phi) is 2.56. The van der Waals surface area contributed by atoms with Crippen LogP contribution in [0.2, 0.25) is 0 Å². The fraction of sp³-hybridized carbons (Fsp3) is 0.0667. The summed E-state index contributed by atoms with van der Waals surface area (Å²) >= 11 is 0. The van der Waals surface area contributed by atoms with Crippen LogP contribution in [0.1, 0.15) is 5.56 Å². The first-order valence-electron chi connectivity index (χ1n) is 5.99. The smallest absolute Gasteiger partial charge is 0.263 e. The standard InChI is InChI=1S/C15H13N3O/c1-10-4-6-17-9-14(10)18-7-5-11-2-3-12(16)8-13(11)15(18)19/h2-9H,16H2,1H3. The Morgan fingerprint density at radius 3 is 2.84 bits per heavy atom. The van der Waals surface area contributed by atoms with Crippen molar-refractivity contribution in [2.24, 2.45) is 0 Å². The molecule has 0 aliphatic heterocycles. The Balaban J connectivity index is 2.35. The summed E-state index contributed by atoms with van der Waals surface area (Å²) in [4.78, 5) is 16.6. The van der Waals surface area contributed by atoms with Crippen molar-refractivity contribution in [1.29, 1.82) is 0 Å². The molecule has 19 heavy (non-hydrogen) atoms. The van der Waals surface area contributed by atoms with Crippen LogP contribution in [0.25, 0.3) is 16.5 Å². The van der Waals surface area contributed by atoms with Crippen molar-refractivity contribution in [1.82, 2.24) is 9.55 Å². The Morgan fingerprint density at radius 2 is 2.05 bits per heavy atom. The molecule has 0 radical (unpaired) electrons. The van der Waals surface area contributed by atoms with Crippen molar-refractivity contribution in [3.63, 3.8) is 0 Å². The highest BCUT2D eigenvalue weighted by Gasteiger charge is 2.07. The molecule has 2 heterocycles. The molecule has 4 heteroatoms. The van der Waals surface area contributed by atoms with E-state index in [1.54, 1.807) is 35.3 Å². The predicted molar refractivity (Wildman–Crippen MR) is 76.5 cm³/mol. The van der Waals surface area contributed by atoms with Gasteiger partial charge >= 0.3 is 0 Å². The van der Waals surface area contributed by atoms with Crippen LogP contribution in [0.3, 0.4) is 0 Å². The largest absolute Gasteiger partial charge is 0.399 e. The van der Waals surface area contributed by atoms with Gasteiger partial charge < -0.3 is 5.73 Å². The number of anilines is 1. The van der Waals surface area contributed by atoms with E-state index in [9.17, 15) is 4.79 Å². The molecule has 0 spiro atoms. The molecule has 2 aromatic heterocycles. The molecule has 3 rings (SSSR count). The third-order valence-corrected chi connectivity index (χ3v) is 3.20. The Labute approximate surface area is 110 Å². The first-order chi connectivity index (χ1) is 9.16. The second-order valence-electron chi connectivity index (χ2n) is 4.50. The van der Waals surface area contributed by atoms with Gasteiger partial charge in [-0.2, -0.15) is 0 Å². The number of nitrogens with zero attached hydrogens (tertiary/aromatic N) is 2. The van der Waals surface area contributed by atoms with E-state index in [1.165, 1.54) is 0 Å². The zero-order valence-corrected chi connectivity index (χ0v) is 10.5. The van der Waals surface area contributed by atoms with Gasteiger partial charge in [0.25, 0.3) is 5.56 Å². The summed E-state index contributed by atoms with van der Waals surface area (Å²) in [7, 11) is 0. The van der Waals surface area contributed by atoms with Crippen molar-refractivity contribution in [2.45, 2.75) is 6.92 Å². The van der Waals surface area contributed by atoms with E-state index in [4.69, 9.17) is 5.73 Å². The van der Waals surface area contributed by atoms with E-state index >= 15 is 0 Å². The summed E-state index contributed by atoms with van der Waals surface area (Å²) in [5.41, 5.74) is 8.05. The lowest BCUT2D eigenvalue weighted by Gasteiger charge is -2.09. The van der Waals surface area contributed by atoms with Crippen molar-refractivity contribution in [3.8, 4) is 5.69 Å². The van der Waals surface area contributed by atoms with E-state index in [0.29, 0.717) is 11.1 Å². The number of hydrogen-bond acceptors (Lipinski definition) is 3. The molecule has 0 saturated heterocycles. The van der Waals surface area contributed by atoms with E-state index in [1.807, 2.05) is 25.1 Å². The summed E-state index contributed by atoms with van der Waals surface area (Å²) in [5.74, 6) is 0. The maximum absolute atomic E-state index is 12.5. The number of pyridine rings is 2. The van der Waals surface area contributed by atoms with E-state index in [2.05, 4.69) is 4.98 Å². The molecular weight excluding hydrogens is 238 g/mol. The second-order valence-corrected chi connectivity index (χ2v) is 4.50. The minimum atomic E-state index is -0.0825. The molecule has 0 bridgehead atoms. The van der Waals surface area contributed by atoms with E-state index in [0.717, 1.165) is 16.6 Å². The number of aryl methyl sites for hydroxylation is 1. The molecule has 2 N–H and O–H groups in total. The highest BCUT2D eigenvalue weighted by molar-refractivity contribution is 5.84. The molecule has 0 saturated carbocycles. The molecule has 0 aliphatic carbocycles. The van der Waals surface area contributed by atoms with Crippen molar-refractivity contribution in [2.75, 3.05) is 5.73 Å². The first-order valence-corrected chi connectivity index (χ1v) is 5.99. The van der Waals surface area contributed by atoms with Crippen LogP contribution in [0.4, 0.5) is 5.69 Å². The Morgan fingerprint density at radius 1 is 1.21 bits per heavy atom. The number of aromatic nitrogens is 2. The molecule has 0 aliphatic rings. The minimum absolute atomic E-state index is 0.0825. The molecular formula is C15H13N3O. The average Bonchev–Trinajstić information content (AvgIpc) is 2.41. The monoisotopic (exact) mass is 251 g/mol. The molecule has 0 atom stereocenters. The average molecular weight is 251 g/mol. The van der Waals surface area contributed by atoms with Crippen molar-refractivity contribution in [3.05, 3.63) is 64.8 Å². The van der Waals surface area contributed by atoms with Crippen LogP contribution >= 0.6 is 0 Å². The molecule has 3 aromatic rings. The van der Waals surface area contributed by atoms with Crippen LogP contribution in [0, 0.1) is 6.92 Å². The van der Waals surface area contributed by atoms with Crippen molar-refractivity contribution >= 4 is 16.5 Å². The number of rotatable bonds is 1. The van der Waals surface area contributed by atoms with Gasteiger partial charge in [-0.3, -0.25) is 14.3 Å². The number of nitrogen functional groups attached to an aromatic ring is 1. The fourth-order valence-electron chi connectivity index (χ4n) is 2.15. The minimum Gasteiger partial charge on any atom is -0.399 e. The van der Waals surface area contributed by atoms with Gasteiger partial charge in [0.2, 0.25) is 0 Å². The van der Waals surface area contributed by atoms with Crippen LogP contribution < -0.4 is 11.3 Å². The normalized spacial score (nSPS) is 10.8. The lowest BCUT2D eigenvalue weighted by Crippen LogP contribution is -2.18. The molecule has 94 valence electrons. The van der Waals surface area contributed by atoms with E-state index < -0.39 is 0 Å². The van der Waals surface area contributed by atoms with Crippen LogP contribution in [0.5, 0.6) is 0 Å². The predicted octanol–water partition coefficient (Wildman–Crippen LogP) is 2.28. The number of nitrogens with two attached hydrogens (primary N) is 1. The quantitative estimate of drug-likeness (QED) is 0.675. The lowest BCUT2D eigenvalue weighted by atomic mass is 10.1. The highest BCUT2D eigenvalue weighted by atomic mass is 16.1. The summed E-state index contributed by atoms with van der Waals surface area (Å²) < 4.78 is 1.60. The zero-order valence-electron chi connectivity index (χ0n) is 10.5. The Bertz CT molecular complexity index is 821. The number of fused-ring (bicyclic) bond motifs is 1. The van der Waals surface area contributed by atoms with Crippen molar-refractivity contribution < 1.29 is 0 Å². The molecule has 4 nitrogen and oxygen atoms in total. The SMILES string of the molecule is Cc1ccncc1-n1ccc2ccc(N)cc2c1=O. The molecule has 0 unspecified atom stereocenters. The van der Waals surface area contributed by atoms with Gasteiger partial charge in [0.1, 0.15) is 0 Å². The second kappa shape index (κ2) is 4.24. The van der Waals surface area contributed by atoms with Gasteiger partial charge in [-0.1, -0.05) is 6.07 Å². The van der Waals surface area contributed by atoms with E-state index in [-0.39, 0.29) is 5.56 Å². The van der Waals surface area contributed by atoms with Gasteiger partial charge in [0.15, 0.2) is 0 Å².